The van der Waals surface area contributed by atoms with Gasteiger partial charge in [-0.25, -0.2) is 9.78 Å². The highest BCUT2D eigenvalue weighted by atomic mass is 79.9. The van der Waals surface area contributed by atoms with Crippen LogP contribution >= 0.6 is 27.5 Å². The molecular formula is C8H7BrClNO2. The molecule has 1 rings (SSSR count). The topological polar surface area (TPSA) is 39.2 Å². The van der Waals surface area contributed by atoms with Crippen molar-refractivity contribution in [3.63, 3.8) is 0 Å². The molecule has 1 heterocycles. The second-order valence-corrected chi connectivity index (χ2v) is 3.18. The lowest BCUT2D eigenvalue weighted by Gasteiger charge is -2.05. The molecule has 1 aromatic rings. The average molecular weight is 265 g/mol. The highest BCUT2D eigenvalue weighted by Gasteiger charge is 2.15. The molecular weight excluding hydrogens is 257 g/mol. The number of alkyl halides is 1. The quantitative estimate of drug-likeness (QED) is 0.468. The van der Waals surface area contributed by atoms with Gasteiger partial charge in [0.15, 0.2) is 0 Å². The maximum absolute atomic E-state index is 11.2. The Morgan fingerprint density at radius 3 is 3.00 bits per heavy atom. The molecule has 0 spiro atoms. The van der Waals surface area contributed by atoms with E-state index in [4.69, 9.17) is 11.6 Å². The third kappa shape index (κ3) is 2.19. The Hall–Kier alpha value is -0.610. The summed E-state index contributed by atoms with van der Waals surface area (Å²) in [6.45, 7) is 0. The Morgan fingerprint density at radius 2 is 2.46 bits per heavy atom. The molecule has 0 saturated carbocycles. The Balaban J connectivity index is 3.22. The number of esters is 1. The van der Waals surface area contributed by atoms with Gasteiger partial charge in [0.2, 0.25) is 0 Å². The second-order valence-electron chi connectivity index (χ2n) is 2.26. The fourth-order valence-corrected chi connectivity index (χ4v) is 1.62. The van der Waals surface area contributed by atoms with Crippen LogP contribution in [-0.4, -0.2) is 18.1 Å². The molecule has 0 N–H and O–H groups in total. The van der Waals surface area contributed by atoms with Crippen LogP contribution in [0.2, 0.25) is 5.15 Å². The number of hydrogen-bond donors (Lipinski definition) is 0. The molecule has 0 aliphatic heterocycles. The van der Waals surface area contributed by atoms with E-state index in [9.17, 15) is 4.79 Å². The van der Waals surface area contributed by atoms with Crippen molar-refractivity contribution in [1.29, 1.82) is 0 Å². The first-order chi connectivity index (χ1) is 6.20. The Morgan fingerprint density at radius 1 is 1.77 bits per heavy atom. The summed E-state index contributed by atoms with van der Waals surface area (Å²) >= 11 is 8.99. The molecule has 0 aliphatic rings. The average Bonchev–Trinajstić information content (AvgIpc) is 2.16. The second kappa shape index (κ2) is 4.58. The minimum atomic E-state index is -0.465. The van der Waals surface area contributed by atoms with Crippen molar-refractivity contribution in [3.8, 4) is 0 Å². The summed E-state index contributed by atoms with van der Waals surface area (Å²) in [6.07, 6.45) is 1.55. The number of rotatable bonds is 2. The zero-order valence-corrected chi connectivity index (χ0v) is 9.22. The maximum atomic E-state index is 11.2. The Kier molecular flexibility index (Phi) is 3.69. The molecule has 0 bridgehead atoms. The van der Waals surface area contributed by atoms with E-state index in [1.165, 1.54) is 7.11 Å². The third-order valence-corrected chi connectivity index (χ3v) is 2.42. The molecule has 70 valence electrons. The van der Waals surface area contributed by atoms with Gasteiger partial charge in [-0.15, -0.1) is 0 Å². The molecule has 0 aromatic carbocycles. The predicted molar refractivity (Wildman–Crippen MR) is 53.2 cm³/mol. The van der Waals surface area contributed by atoms with E-state index in [1.807, 2.05) is 0 Å². The first-order valence-electron chi connectivity index (χ1n) is 3.48. The van der Waals surface area contributed by atoms with Crippen molar-refractivity contribution in [2.45, 2.75) is 5.33 Å². The molecule has 5 heteroatoms. The van der Waals surface area contributed by atoms with Crippen molar-refractivity contribution in [1.82, 2.24) is 4.98 Å². The highest BCUT2D eigenvalue weighted by molar-refractivity contribution is 9.08. The molecule has 0 saturated heterocycles. The molecule has 3 nitrogen and oxygen atoms in total. The van der Waals surface area contributed by atoms with E-state index in [1.54, 1.807) is 12.3 Å². The summed E-state index contributed by atoms with van der Waals surface area (Å²) in [4.78, 5) is 15.0. The van der Waals surface area contributed by atoms with Gasteiger partial charge >= 0.3 is 5.97 Å². The number of ether oxygens (including phenoxy) is 1. The van der Waals surface area contributed by atoms with Gasteiger partial charge in [0.25, 0.3) is 0 Å². The number of carbonyl (C=O) groups is 1. The van der Waals surface area contributed by atoms with Gasteiger partial charge in [-0.2, -0.15) is 0 Å². The molecule has 0 fully saturated rings. The summed E-state index contributed by atoms with van der Waals surface area (Å²) in [5.74, 6) is -0.465. The number of halogens is 2. The summed E-state index contributed by atoms with van der Waals surface area (Å²) in [7, 11) is 1.31. The van der Waals surface area contributed by atoms with Crippen LogP contribution in [0.3, 0.4) is 0 Å². The third-order valence-electron chi connectivity index (χ3n) is 1.52. The van der Waals surface area contributed by atoms with Crippen LogP contribution in [0.4, 0.5) is 0 Å². The lowest BCUT2D eigenvalue weighted by atomic mass is 10.2. The summed E-state index contributed by atoms with van der Waals surface area (Å²) in [5.41, 5.74) is 1.09. The summed E-state index contributed by atoms with van der Waals surface area (Å²) < 4.78 is 4.58. The first-order valence-corrected chi connectivity index (χ1v) is 4.98. The van der Waals surface area contributed by atoms with Gasteiger partial charge in [-0.3, -0.25) is 0 Å². The number of aromatic nitrogens is 1. The van der Waals surface area contributed by atoms with Crippen molar-refractivity contribution in [3.05, 3.63) is 28.5 Å². The molecule has 0 aliphatic carbocycles. The molecule has 0 radical (unpaired) electrons. The van der Waals surface area contributed by atoms with E-state index in [0.717, 1.165) is 5.56 Å². The standard InChI is InChI=1S/C8H7BrClNO2/c1-13-8(12)6-5(4-9)2-3-11-7(6)10/h2-3H,4H2,1H3. The zero-order valence-electron chi connectivity index (χ0n) is 6.88. The molecule has 0 atom stereocenters. The largest absolute Gasteiger partial charge is 0.465 e. The smallest absolute Gasteiger partial charge is 0.341 e. The summed E-state index contributed by atoms with van der Waals surface area (Å²) in [6, 6.07) is 1.72. The van der Waals surface area contributed by atoms with Gasteiger partial charge in [0, 0.05) is 11.5 Å². The number of methoxy groups -OCH3 is 1. The van der Waals surface area contributed by atoms with Crippen LogP contribution in [0.1, 0.15) is 15.9 Å². The van der Waals surface area contributed by atoms with Crippen LogP contribution in [0.5, 0.6) is 0 Å². The van der Waals surface area contributed by atoms with Crippen molar-refractivity contribution in [2.24, 2.45) is 0 Å². The fourth-order valence-electron chi connectivity index (χ4n) is 0.902. The van der Waals surface area contributed by atoms with E-state index in [2.05, 4.69) is 25.7 Å². The van der Waals surface area contributed by atoms with E-state index in [0.29, 0.717) is 10.9 Å². The van der Waals surface area contributed by atoms with Gasteiger partial charge < -0.3 is 4.74 Å². The van der Waals surface area contributed by atoms with Gasteiger partial charge in [0.1, 0.15) is 10.7 Å². The lowest BCUT2D eigenvalue weighted by Crippen LogP contribution is -2.06. The molecule has 0 unspecified atom stereocenters. The number of carbonyl (C=O) groups excluding carboxylic acids is 1. The summed E-state index contributed by atoms with van der Waals surface area (Å²) in [5, 5.41) is 0.712. The van der Waals surface area contributed by atoms with E-state index in [-0.39, 0.29) is 5.15 Å². The predicted octanol–water partition coefficient (Wildman–Crippen LogP) is 2.42. The van der Waals surface area contributed by atoms with E-state index < -0.39 is 5.97 Å². The first kappa shape index (κ1) is 10.5. The van der Waals surface area contributed by atoms with E-state index >= 15 is 0 Å². The monoisotopic (exact) mass is 263 g/mol. The molecule has 1 aromatic heterocycles. The SMILES string of the molecule is COC(=O)c1c(CBr)ccnc1Cl. The number of nitrogens with zero attached hydrogens (tertiary/aromatic N) is 1. The van der Waals surface area contributed by atoms with Crippen LogP contribution in [0.25, 0.3) is 0 Å². The minimum absolute atomic E-state index is 0.170. The van der Waals surface area contributed by atoms with Gasteiger partial charge in [-0.1, -0.05) is 27.5 Å². The fraction of sp³-hybridized carbons (Fsp3) is 0.250. The normalized spacial score (nSPS) is 9.77. The number of pyridine rings is 1. The van der Waals surface area contributed by atoms with Crippen molar-refractivity contribution < 1.29 is 9.53 Å². The van der Waals surface area contributed by atoms with Gasteiger partial charge in [-0.05, 0) is 11.6 Å². The minimum Gasteiger partial charge on any atom is -0.465 e. The van der Waals surface area contributed by atoms with Crippen LogP contribution in [0.15, 0.2) is 12.3 Å². The lowest BCUT2D eigenvalue weighted by molar-refractivity contribution is 0.0599. The maximum Gasteiger partial charge on any atom is 0.341 e. The van der Waals surface area contributed by atoms with Crippen molar-refractivity contribution in [2.75, 3.05) is 7.11 Å². The van der Waals surface area contributed by atoms with Gasteiger partial charge in [0.05, 0.1) is 7.11 Å². The zero-order chi connectivity index (χ0) is 9.84. The van der Waals surface area contributed by atoms with Crippen LogP contribution < -0.4 is 0 Å². The van der Waals surface area contributed by atoms with Crippen LogP contribution in [0, 0.1) is 0 Å². The Labute approximate surface area is 89.2 Å². The molecule has 0 amide bonds. The molecule has 13 heavy (non-hydrogen) atoms. The Bertz CT molecular complexity index is 330. The van der Waals surface area contributed by atoms with Crippen molar-refractivity contribution >= 4 is 33.5 Å². The highest BCUT2D eigenvalue weighted by Crippen LogP contribution is 2.20. The van der Waals surface area contributed by atoms with Crippen LogP contribution in [-0.2, 0) is 10.1 Å². The number of hydrogen-bond acceptors (Lipinski definition) is 3.